The van der Waals surface area contributed by atoms with Crippen molar-refractivity contribution in [2.75, 3.05) is 13.1 Å². The van der Waals surface area contributed by atoms with Gasteiger partial charge in [-0.1, -0.05) is 6.92 Å². The van der Waals surface area contributed by atoms with Crippen LogP contribution in [0.5, 0.6) is 0 Å². The third-order valence-corrected chi connectivity index (χ3v) is 0.871. The molecule has 2 N–H and O–H groups in total. The maximum atomic E-state index is 10.2. The van der Waals surface area contributed by atoms with Crippen LogP contribution in [0, 0.1) is 0 Å². The molecule has 10 heavy (non-hydrogen) atoms. The standard InChI is InChI=1S/C6H13NO3/c1-3-7-4-6(9)10-5(2)8/h6-7,9H,3-4H2,1-2H3. The fourth-order valence-electron chi connectivity index (χ4n) is 0.501. The number of rotatable bonds is 4. The monoisotopic (exact) mass is 147 g/mol. The van der Waals surface area contributed by atoms with Gasteiger partial charge in [-0.2, -0.15) is 0 Å². The summed E-state index contributed by atoms with van der Waals surface area (Å²) in [6.45, 7) is 4.20. The molecule has 0 saturated heterocycles. The van der Waals surface area contributed by atoms with Crippen molar-refractivity contribution < 1.29 is 14.6 Å². The lowest BCUT2D eigenvalue weighted by molar-refractivity contribution is -0.164. The Morgan fingerprint density at radius 1 is 1.80 bits per heavy atom. The number of hydrogen-bond donors (Lipinski definition) is 2. The van der Waals surface area contributed by atoms with Gasteiger partial charge in [-0.15, -0.1) is 0 Å². The van der Waals surface area contributed by atoms with Crippen LogP contribution in [-0.2, 0) is 9.53 Å². The average molecular weight is 147 g/mol. The summed E-state index contributed by atoms with van der Waals surface area (Å²) < 4.78 is 4.41. The lowest BCUT2D eigenvalue weighted by Crippen LogP contribution is -2.29. The molecule has 0 aromatic rings. The van der Waals surface area contributed by atoms with Gasteiger partial charge in [0.25, 0.3) is 0 Å². The Balaban J connectivity index is 3.25. The highest BCUT2D eigenvalue weighted by Crippen LogP contribution is 1.84. The van der Waals surface area contributed by atoms with E-state index < -0.39 is 12.3 Å². The van der Waals surface area contributed by atoms with Crippen LogP contribution in [0.3, 0.4) is 0 Å². The lowest BCUT2D eigenvalue weighted by Gasteiger charge is -2.09. The molecule has 1 unspecified atom stereocenters. The van der Waals surface area contributed by atoms with Crippen molar-refractivity contribution in [2.24, 2.45) is 0 Å². The topological polar surface area (TPSA) is 58.6 Å². The molecule has 0 radical (unpaired) electrons. The van der Waals surface area contributed by atoms with Crippen molar-refractivity contribution in [3.63, 3.8) is 0 Å². The number of likely N-dealkylation sites (N-methyl/N-ethyl adjacent to an activating group) is 1. The zero-order valence-electron chi connectivity index (χ0n) is 6.26. The SMILES string of the molecule is CCNCC(O)OC(C)=O. The molecule has 0 saturated carbocycles. The van der Waals surface area contributed by atoms with E-state index in [0.29, 0.717) is 0 Å². The first-order chi connectivity index (χ1) is 4.66. The summed E-state index contributed by atoms with van der Waals surface area (Å²) in [5, 5.41) is 11.7. The minimum absolute atomic E-state index is 0.288. The number of aliphatic hydroxyl groups is 1. The number of carbonyl (C=O) groups is 1. The predicted octanol–water partition coefficient (Wildman–Crippen LogP) is -0.523. The lowest BCUT2D eigenvalue weighted by atomic mass is 10.6. The van der Waals surface area contributed by atoms with E-state index in [1.54, 1.807) is 0 Å². The molecule has 4 heteroatoms. The molecule has 0 aromatic heterocycles. The molecule has 0 heterocycles. The van der Waals surface area contributed by atoms with Gasteiger partial charge < -0.3 is 15.2 Å². The average Bonchev–Trinajstić information content (AvgIpc) is 1.82. The Kier molecular flexibility index (Phi) is 4.88. The summed E-state index contributed by atoms with van der Waals surface area (Å²) in [5.41, 5.74) is 0. The highest BCUT2D eigenvalue weighted by molar-refractivity contribution is 5.66. The molecular formula is C6H13NO3. The van der Waals surface area contributed by atoms with E-state index in [9.17, 15) is 4.79 Å². The van der Waals surface area contributed by atoms with Gasteiger partial charge in [0, 0.05) is 6.92 Å². The van der Waals surface area contributed by atoms with Crippen LogP contribution < -0.4 is 5.32 Å². The van der Waals surface area contributed by atoms with Gasteiger partial charge in [-0.3, -0.25) is 4.79 Å². The number of hydrogen-bond acceptors (Lipinski definition) is 4. The Morgan fingerprint density at radius 2 is 2.40 bits per heavy atom. The highest BCUT2D eigenvalue weighted by Gasteiger charge is 2.04. The van der Waals surface area contributed by atoms with Gasteiger partial charge in [0.2, 0.25) is 6.29 Å². The summed E-state index contributed by atoms with van der Waals surface area (Å²) in [6, 6.07) is 0. The summed E-state index contributed by atoms with van der Waals surface area (Å²) in [7, 11) is 0. The molecule has 60 valence electrons. The van der Waals surface area contributed by atoms with E-state index in [-0.39, 0.29) is 6.54 Å². The molecule has 0 aliphatic heterocycles. The molecule has 0 fully saturated rings. The minimum Gasteiger partial charge on any atom is -0.435 e. The Bertz CT molecular complexity index is 105. The Labute approximate surface area is 60.2 Å². The maximum Gasteiger partial charge on any atom is 0.304 e. The van der Waals surface area contributed by atoms with Gasteiger partial charge in [0.05, 0.1) is 6.54 Å². The largest absolute Gasteiger partial charge is 0.435 e. The third-order valence-electron chi connectivity index (χ3n) is 0.871. The fraction of sp³-hybridized carbons (Fsp3) is 0.833. The van der Waals surface area contributed by atoms with Crippen LogP contribution in [0.2, 0.25) is 0 Å². The summed E-state index contributed by atoms with van der Waals surface area (Å²) in [5.74, 6) is -0.467. The van der Waals surface area contributed by atoms with Crippen LogP contribution in [-0.4, -0.2) is 30.5 Å². The number of aliphatic hydroxyl groups excluding tert-OH is 1. The van der Waals surface area contributed by atoms with Crippen molar-refractivity contribution in [3.05, 3.63) is 0 Å². The molecule has 0 aliphatic carbocycles. The molecule has 0 aromatic carbocycles. The first-order valence-electron chi connectivity index (χ1n) is 3.22. The second kappa shape index (κ2) is 5.20. The van der Waals surface area contributed by atoms with E-state index in [1.807, 2.05) is 6.92 Å². The maximum absolute atomic E-state index is 10.2. The fourth-order valence-corrected chi connectivity index (χ4v) is 0.501. The molecule has 0 bridgehead atoms. The smallest absolute Gasteiger partial charge is 0.304 e. The summed E-state index contributed by atoms with van der Waals surface area (Å²) >= 11 is 0. The van der Waals surface area contributed by atoms with Crippen molar-refractivity contribution in [1.82, 2.24) is 5.32 Å². The number of nitrogens with one attached hydrogen (secondary N) is 1. The van der Waals surface area contributed by atoms with E-state index in [1.165, 1.54) is 6.92 Å². The summed E-state index contributed by atoms with van der Waals surface area (Å²) in [6.07, 6.45) is -1.02. The second-order valence-corrected chi connectivity index (χ2v) is 1.87. The third kappa shape index (κ3) is 5.53. The molecule has 0 rings (SSSR count). The molecule has 0 spiro atoms. The summed E-state index contributed by atoms with van der Waals surface area (Å²) in [4.78, 5) is 10.2. The zero-order chi connectivity index (χ0) is 7.98. The van der Waals surface area contributed by atoms with E-state index >= 15 is 0 Å². The van der Waals surface area contributed by atoms with Crippen LogP contribution in [0.4, 0.5) is 0 Å². The van der Waals surface area contributed by atoms with Gasteiger partial charge in [0.1, 0.15) is 0 Å². The normalized spacial score (nSPS) is 12.7. The first-order valence-corrected chi connectivity index (χ1v) is 3.22. The van der Waals surface area contributed by atoms with E-state index in [0.717, 1.165) is 6.54 Å². The molecular weight excluding hydrogens is 134 g/mol. The van der Waals surface area contributed by atoms with E-state index in [2.05, 4.69) is 10.1 Å². The molecule has 4 nitrogen and oxygen atoms in total. The molecule has 0 aliphatic rings. The van der Waals surface area contributed by atoms with Gasteiger partial charge >= 0.3 is 5.97 Å². The van der Waals surface area contributed by atoms with Crippen molar-refractivity contribution in [1.29, 1.82) is 0 Å². The zero-order valence-corrected chi connectivity index (χ0v) is 6.26. The van der Waals surface area contributed by atoms with Crippen LogP contribution >= 0.6 is 0 Å². The minimum atomic E-state index is -1.02. The van der Waals surface area contributed by atoms with Gasteiger partial charge in [-0.25, -0.2) is 0 Å². The molecule has 0 amide bonds. The van der Waals surface area contributed by atoms with Crippen LogP contribution in [0.25, 0.3) is 0 Å². The predicted molar refractivity (Wildman–Crippen MR) is 36.3 cm³/mol. The van der Waals surface area contributed by atoms with Crippen LogP contribution in [0.1, 0.15) is 13.8 Å². The first kappa shape index (κ1) is 9.39. The Hall–Kier alpha value is -0.610. The quantitative estimate of drug-likeness (QED) is 0.415. The van der Waals surface area contributed by atoms with Gasteiger partial charge in [-0.05, 0) is 6.54 Å². The number of esters is 1. The van der Waals surface area contributed by atoms with E-state index in [4.69, 9.17) is 5.11 Å². The molecule has 1 atom stereocenters. The van der Waals surface area contributed by atoms with Crippen molar-refractivity contribution in [3.8, 4) is 0 Å². The highest BCUT2D eigenvalue weighted by atomic mass is 16.6. The van der Waals surface area contributed by atoms with Gasteiger partial charge in [0.15, 0.2) is 0 Å². The van der Waals surface area contributed by atoms with Crippen LogP contribution in [0.15, 0.2) is 0 Å². The second-order valence-electron chi connectivity index (χ2n) is 1.87. The number of carbonyl (C=O) groups excluding carboxylic acids is 1. The Morgan fingerprint density at radius 3 is 2.80 bits per heavy atom. The van der Waals surface area contributed by atoms with Crippen molar-refractivity contribution >= 4 is 5.97 Å². The van der Waals surface area contributed by atoms with Crippen molar-refractivity contribution in [2.45, 2.75) is 20.1 Å². The number of ether oxygens (including phenoxy) is 1.